The standard InChI is InChI=1S/C22H28F2O3S/c1-12-8-16-15-5-4-13-9-14(25)6-7-21(13,3)22(15,24)17(26)10-20(16,2)18(12)19(27)28-11-23/h6-7,9,12,15-18,26H,4-5,8,10-11H2,1-3H3/t12-,15+,16+,17+,18?,20+,21+,22?/m1/s1. The van der Waals surface area contributed by atoms with E-state index in [4.69, 9.17) is 0 Å². The molecule has 6 heteroatoms. The van der Waals surface area contributed by atoms with Crippen molar-refractivity contribution in [2.45, 2.75) is 58.2 Å². The molecule has 3 saturated carbocycles. The minimum Gasteiger partial charge on any atom is -0.390 e. The molecule has 0 heterocycles. The zero-order valence-electron chi connectivity index (χ0n) is 16.6. The van der Waals surface area contributed by atoms with E-state index in [-0.39, 0.29) is 35.1 Å². The van der Waals surface area contributed by atoms with Gasteiger partial charge in [-0.25, -0.2) is 8.78 Å². The highest BCUT2D eigenvalue weighted by Crippen LogP contribution is 2.70. The molecule has 0 aliphatic heterocycles. The molecule has 3 nitrogen and oxygen atoms in total. The summed E-state index contributed by atoms with van der Waals surface area (Å²) >= 11 is 0.695. The van der Waals surface area contributed by atoms with Gasteiger partial charge in [0, 0.05) is 17.3 Å². The van der Waals surface area contributed by atoms with Crippen LogP contribution in [0.5, 0.6) is 0 Å². The number of halogens is 2. The zero-order chi connectivity index (χ0) is 20.5. The summed E-state index contributed by atoms with van der Waals surface area (Å²) in [5.41, 5.74) is -2.66. The molecule has 0 aromatic rings. The number of hydrogen-bond donors (Lipinski definition) is 1. The van der Waals surface area contributed by atoms with Crippen LogP contribution >= 0.6 is 11.8 Å². The van der Waals surface area contributed by atoms with Gasteiger partial charge in [-0.2, -0.15) is 0 Å². The number of hydrogen-bond acceptors (Lipinski definition) is 4. The zero-order valence-corrected chi connectivity index (χ0v) is 17.4. The summed E-state index contributed by atoms with van der Waals surface area (Å²) in [4.78, 5) is 24.5. The highest BCUT2D eigenvalue weighted by molar-refractivity contribution is 8.13. The molecule has 4 rings (SSSR count). The van der Waals surface area contributed by atoms with Crippen molar-refractivity contribution in [1.82, 2.24) is 0 Å². The van der Waals surface area contributed by atoms with Crippen LogP contribution in [0, 0.1) is 34.5 Å². The molecule has 0 amide bonds. The first-order chi connectivity index (χ1) is 13.1. The molecule has 0 spiro atoms. The number of thioether (sulfide) groups is 1. The Morgan fingerprint density at radius 2 is 2.07 bits per heavy atom. The molecular formula is C22H28F2O3S. The van der Waals surface area contributed by atoms with Crippen molar-refractivity contribution < 1.29 is 23.5 Å². The van der Waals surface area contributed by atoms with E-state index in [9.17, 15) is 19.1 Å². The molecule has 4 aliphatic carbocycles. The van der Waals surface area contributed by atoms with E-state index >= 15 is 4.39 Å². The monoisotopic (exact) mass is 410 g/mol. The molecule has 3 fully saturated rings. The molecule has 0 radical (unpaired) electrons. The van der Waals surface area contributed by atoms with Crippen molar-refractivity contribution in [2.75, 3.05) is 6.01 Å². The fraction of sp³-hybridized carbons (Fsp3) is 0.727. The number of allylic oxidation sites excluding steroid dienone is 4. The third-order valence-corrected chi connectivity index (χ3v) is 9.08. The van der Waals surface area contributed by atoms with Crippen LogP contribution in [0.2, 0.25) is 0 Å². The third-order valence-electron chi connectivity index (χ3n) is 8.43. The van der Waals surface area contributed by atoms with Gasteiger partial charge in [0.05, 0.1) is 6.10 Å². The smallest absolute Gasteiger partial charge is 0.195 e. The molecule has 1 N–H and O–H groups in total. The van der Waals surface area contributed by atoms with Crippen LogP contribution in [-0.2, 0) is 9.59 Å². The Morgan fingerprint density at radius 1 is 1.36 bits per heavy atom. The maximum absolute atomic E-state index is 16.9. The summed E-state index contributed by atoms with van der Waals surface area (Å²) in [5, 5.41) is 11.0. The molecule has 154 valence electrons. The van der Waals surface area contributed by atoms with E-state index in [1.807, 2.05) is 13.8 Å². The average Bonchev–Trinajstić information content (AvgIpc) is 2.87. The summed E-state index contributed by atoms with van der Waals surface area (Å²) in [6, 6.07) is -0.757. The Morgan fingerprint density at radius 3 is 2.75 bits per heavy atom. The van der Waals surface area contributed by atoms with E-state index in [0.717, 1.165) is 5.57 Å². The number of fused-ring (bicyclic) bond motifs is 5. The van der Waals surface area contributed by atoms with Crippen molar-refractivity contribution in [2.24, 2.45) is 34.5 Å². The normalized spacial score (nSPS) is 49.9. The predicted octanol–water partition coefficient (Wildman–Crippen LogP) is 4.41. The van der Waals surface area contributed by atoms with Gasteiger partial charge >= 0.3 is 0 Å². The number of aliphatic hydroxyl groups is 1. The maximum Gasteiger partial charge on any atom is 0.195 e. The SMILES string of the molecule is C[C@@H]1C[C@H]2[C@@H]3CCC4=CC(=O)C=C[C@]4(C)C3(F)[C@@H](O)C[C@]2(C)C1C(=O)SCF. The highest BCUT2D eigenvalue weighted by Gasteiger charge is 2.71. The Kier molecular flexibility index (Phi) is 4.70. The van der Waals surface area contributed by atoms with Gasteiger partial charge in [0.2, 0.25) is 0 Å². The molecule has 0 aromatic carbocycles. The lowest BCUT2D eigenvalue weighted by Gasteiger charge is -2.61. The number of ketones is 1. The van der Waals surface area contributed by atoms with Gasteiger partial charge in [-0.1, -0.05) is 37.3 Å². The number of alkyl halides is 2. The largest absolute Gasteiger partial charge is 0.390 e. The lowest BCUT2D eigenvalue weighted by molar-refractivity contribution is -0.194. The Balaban J connectivity index is 1.77. The van der Waals surface area contributed by atoms with Crippen molar-refractivity contribution >= 4 is 22.7 Å². The lowest BCUT2D eigenvalue weighted by Crippen LogP contribution is -2.66. The molecule has 0 aromatic heterocycles. The van der Waals surface area contributed by atoms with E-state index in [1.165, 1.54) is 12.2 Å². The van der Waals surface area contributed by atoms with Crippen LogP contribution in [0.1, 0.15) is 46.5 Å². The van der Waals surface area contributed by atoms with Crippen LogP contribution in [0.4, 0.5) is 8.78 Å². The summed E-state index contributed by atoms with van der Waals surface area (Å²) in [6.45, 7) is 5.77. The fourth-order valence-corrected chi connectivity index (χ4v) is 8.01. The Bertz CT molecular complexity index is 780. The third kappa shape index (κ3) is 2.43. The van der Waals surface area contributed by atoms with Crippen molar-refractivity contribution in [3.63, 3.8) is 0 Å². The van der Waals surface area contributed by atoms with Crippen LogP contribution in [0.3, 0.4) is 0 Å². The van der Waals surface area contributed by atoms with Crippen molar-refractivity contribution in [3.8, 4) is 0 Å². The highest BCUT2D eigenvalue weighted by atomic mass is 32.2. The molecule has 0 bridgehead atoms. The lowest BCUT2D eigenvalue weighted by atomic mass is 9.45. The van der Waals surface area contributed by atoms with Gasteiger partial charge in [0.15, 0.2) is 16.6 Å². The van der Waals surface area contributed by atoms with Crippen LogP contribution in [-0.4, -0.2) is 33.8 Å². The second kappa shape index (κ2) is 6.49. The molecule has 28 heavy (non-hydrogen) atoms. The molecule has 8 atom stereocenters. The fourth-order valence-electron chi connectivity index (χ4n) is 7.22. The van der Waals surface area contributed by atoms with E-state index in [1.54, 1.807) is 13.0 Å². The van der Waals surface area contributed by atoms with Crippen LogP contribution in [0.15, 0.2) is 23.8 Å². The Labute approximate surface area is 169 Å². The van der Waals surface area contributed by atoms with E-state index < -0.39 is 34.5 Å². The van der Waals surface area contributed by atoms with Gasteiger partial charge in [-0.3, -0.25) is 9.59 Å². The minimum atomic E-state index is -1.87. The maximum atomic E-state index is 16.9. The molecule has 2 unspecified atom stereocenters. The molecular weight excluding hydrogens is 382 g/mol. The summed E-state index contributed by atoms with van der Waals surface area (Å²) in [5.74, 6) is -0.908. The quantitative estimate of drug-likeness (QED) is 0.733. The first kappa shape index (κ1) is 20.3. The summed E-state index contributed by atoms with van der Waals surface area (Å²) in [6.07, 6.45) is 5.41. The minimum absolute atomic E-state index is 0.0318. The number of carbonyl (C=O) groups excluding carboxylic acids is 2. The van der Waals surface area contributed by atoms with Crippen LogP contribution < -0.4 is 0 Å². The van der Waals surface area contributed by atoms with Gasteiger partial charge in [-0.05, 0) is 62.0 Å². The second-order valence-electron chi connectivity index (χ2n) is 9.62. The van der Waals surface area contributed by atoms with Crippen LogP contribution in [0.25, 0.3) is 0 Å². The van der Waals surface area contributed by atoms with E-state index in [0.29, 0.717) is 31.0 Å². The molecule has 4 aliphatic rings. The predicted molar refractivity (Wildman–Crippen MR) is 105 cm³/mol. The first-order valence-corrected chi connectivity index (χ1v) is 11.1. The number of aliphatic hydroxyl groups excluding tert-OH is 1. The number of rotatable bonds is 2. The average molecular weight is 411 g/mol. The van der Waals surface area contributed by atoms with Crippen molar-refractivity contribution in [1.29, 1.82) is 0 Å². The van der Waals surface area contributed by atoms with Gasteiger partial charge in [0.25, 0.3) is 0 Å². The molecule has 0 saturated heterocycles. The Hall–Kier alpha value is -1.01. The van der Waals surface area contributed by atoms with Gasteiger partial charge in [-0.15, -0.1) is 0 Å². The summed E-state index contributed by atoms with van der Waals surface area (Å²) < 4.78 is 29.7. The van der Waals surface area contributed by atoms with Gasteiger partial charge < -0.3 is 5.11 Å². The van der Waals surface area contributed by atoms with Gasteiger partial charge in [0.1, 0.15) is 6.01 Å². The second-order valence-corrected chi connectivity index (χ2v) is 10.5. The van der Waals surface area contributed by atoms with Crippen molar-refractivity contribution in [3.05, 3.63) is 23.8 Å². The first-order valence-electron chi connectivity index (χ1n) is 10.1. The summed E-state index contributed by atoms with van der Waals surface area (Å²) in [7, 11) is 0. The van der Waals surface area contributed by atoms with E-state index in [2.05, 4.69) is 0 Å². The topological polar surface area (TPSA) is 54.4 Å². The number of carbonyl (C=O) groups is 2.